The third-order valence-corrected chi connectivity index (χ3v) is 6.83. The van der Waals surface area contributed by atoms with E-state index in [1.807, 2.05) is 48.5 Å². The minimum absolute atomic E-state index is 0.110. The molecule has 2 aliphatic rings. The van der Waals surface area contributed by atoms with Crippen molar-refractivity contribution in [3.05, 3.63) is 105 Å². The van der Waals surface area contributed by atoms with Gasteiger partial charge in [0.15, 0.2) is 0 Å². The second-order valence-electron chi connectivity index (χ2n) is 8.74. The van der Waals surface area contributed by atoms with Gasteiger partial charge in [-0.25, -0.2) is 5.01 Å². The van der Waals surface area contributed by atoms with Crippen LogP contribution in [0.25, 0.3) is 6.08 Å². The molecule has 166 valence electrons. The quantitative estimate of drug-likeness (QED) is 0.406. The summed E-state index contributed by atoms with van der Waals surface area (Å²) in [6, 6.07) is 18.8. The number of benzene rings is 2. The van der Waals surface area contributed by atoms with Crippen LogP contribution in [0, 0.1) is 11.8 Å². The van der Waals surface area contributed by atoms with Gasteiger partial charge in [0.2, 0.25) is 0 Å². The van der Waals surface area contributed by atoms with Crippen molar-refractivity contribution >= 4 is 40.9 Å². The van der Waals surface area contributed by atoms with Gasteiger partial charge in [-0.05, 0) is 77.9 Å². The second kappa shape index (κ2) is 9.12. The summed E-state index contributed by atoms with van der Waals surface area (Å²) in [5.74, 6) is 0.454. The van der Waals surface area contributed by atoms with Crippen LogP contribution in [0.15, 0.2) is 83.7 Å². The lowest BCUT2D eigenvalue weighted by Crippen LogP contribution is -2.33. The van der Waals surface area contributed by atoms with Crippen molar-refractivity contribution in [1.82, 2.24) is 9.99 Å². The molecule has 1 aromatic heterocycles. The normalized spacial score (nSPS) is 23.4. The van der Waals surface area contributed by atoms with E-state index in [9.17, 15) is 4.79 Å². The Labute approximate surface area is 203 Å². The predicted octanol–water partition coefficient (Wildman–Crippen LogP) is 7.07. The Hall–Kier alpha value is -2.95. The molecule has 4 nitrogen and oxygen atoms in total. The first-order valence-corrected chi connectivity index (χ1v) is 11.8. The molecule has 0 N–H and O–H groups in total. The fourth-order valence-electron chi connectivity index (χ4n) is 4.84. The molecule has 33 heavy (non-hydrogen) atoms. The number of hydrogen-bond acceptors (Lipinski definition) is 3. The maximum atomic E-state index is 13.6. The van der Waals surface area contributed by atoms with Crippen molar-refractivity contribution in [2.45, 2.75) is 25.8 Å². The number of fused-ring (bicyclic) bond motifs is 1. The summed E-state index contributed by atoms with van der Waals surface area (Å²) in [5, 5.41) is 7.99. The van der Waals surface area contributed by atoms with Crippen LogP contribution < -0.4 is 0 Å². The van der Waals surface area contributed by atoms with Crippen LogP contribution in [0.4, 0.5) is 0 Å². The molecule has 3 aromatic rings. The molecule has 1 aliphatic heterocycles. The number of allylic oxidation sites excluding steroid dienone is 1. The minimum atomic E-state index is -0.186. The molecule has 1 fully saturated rings. The summed E-state index contributed by atoms with van der Waals surface area (Å²) in [6.45, 7) is 2.26. The molecule has 5 rings (SSSR count). The van der Waals surface area contributed by atoms with E-state index in [0.29, 0.717) is 21.5 Å². The van der Waals surface area contributed by atoms with E-state index in [2.05, 4.69) is 18.0 Å². The summed E-state index contributed by atoms with van der Waals surface area (Å²) in [4.78, 5) is 17.6. The van der Waals surface area contributed by atoms with Gasteiger partial charge in [0.05, 0.1) is 11.8 Å². The molecule has 2 heterocycles. The molecule has 0 spiro atoms. The van der Waals surface area contributed by atoms with Crippen LogP contribution in [0.2, 0.25) is 10.0 Å². The molecule has 3 unspecified atom stereocenters. The van der Waals surface area contributed by atoms with Crippen molar-refractivity contribution in [3.8, 4) is 0 Å². The average Bonchev–Trinajstić information content (AvgIpc) is 3.20. The predicted molar refractivity (Wildman–Crippen MR) is 133 cm³/mol. The van der Waals surface area contributed by atoms with Gasteiger partial charge < -0.3 is 0 Å². The van der Waals surface area contributed by atoms with E-state index in [4.69, 9.17) is 28.3 Å². The van der Waals surface area contributed by atoms with Crippen LogP contribution in [0.5, 0.6) is 0 Å². The van der Waals surface area contributed by atoms with Crippen LogP contribution in [0.3, 0.4) is 0 Å². The molecule has 3 atom stereocenters. The van der Waals surface area contributed by atoms with Crippen LogP contribution in [-0.2, 0) is 0 Å². The number of nitrogens with zero attached hydrogens (tertiary/aromatic N) is 3. The van der Waals surface area contributed by atoms with E-state index in [1.165, 1.54) is 5.57 Å². The van der Waals surface area contributed by atoms with Gasteiger partial charge >= 0.3 is 0 Å². The zero-order valence-electron chi connectivity index (χ0n) is 18.2. The van der Waals surface area contributed by atoms with E-state index < -0.39 is 0 Å². The molecule has 2 aromatic carbocycles. The van der Waals surface area contributed by atoms with Crippen LogP contribution in [0.1, 0.15) is 47.3 Å². The summed E-state index contributed by atoms with van der Waals surface area (Å²) in [7, 11) is 0. The SMILES string of the molecule is CC1C/C(=C/c2ccc(Cl)cc2)C2=NN(C(=O)c3ccncc3)C(c3ccc(Cl)cc3)C2C1. The van der Waals surface area contributed by atoms with Gasteiger partial charge in [0.1, 0.15) is 0 Å². The molecular formula is C27H23Cl2N3O. The van der Waals surface area contributed by atoms with Crippen molar-refractivity contribution in [2.24, 2.45) is 16.9 Å². The lowest BCUT2D eigenvalue weighted by molar-refractivity contribution is 0.0676. The van der Waals surface area contributed by atoms with Gasteiger partial charge in [0.25, 0.3) is 5.91 Å². The highest BCUT2D eigenvalue weighted by Gasteiger charge is 2.45. The first-order valence-electron chi connectivity index (χ1n) is 11.0. The zero-order valence-corrected chi connectivity index (χ0v) is 19.7. The molecular weight excluding hydrogens is 453 g/mol. The van der Waals surface area contributed by atoms with Crippen LogP contribution in [-0.4, -0.2) is 21.6 Å². The molecule has 1 saturated carbocycles. The highest BCUT2D eigenvalue weighted by molar-refractivity contribution is 6.30. The monoisotopic (exact) mass is 475 g/mol. The summed E-state index contributed by atoms with van der Waals surface area (Å²) >= 11 is 12.2. The Morgan fingerprint density at radius 2 is 1.61 bits per heavy atom. The Morgan fingerprint density at radius 1 is 0.970 bits per heavy atom. The number of carbonyl (C=O) groups excluding carboxylic acids is 1. The van der Waals surface area contributed by atoms with Gasteiger partial charge in [-0.1, -0.05) is 54.4 Å². The highest BCUT2D eigenvalue weighted by Crippen LogP contribution is 2.46. The maximum Gasteiger partial charge on any atom is 0.274 e. The topological polar surface area (TPSA) is 45.6 Å². The number of pyridine rings is 1. The zero-order chi connectivity index (χ0) is 22.9. The standard InChI is InChI=1S/C27H23Cl2N3O/c1-17-14-21(16-18-2-6-22(28)7-3-18)25-24(15-17)26(19-4-8-23(29)9-5-19)32(31-25)27(33)20-10-12-30-13-11-20/h2-13,16-17,24,26H,14-15H2,1H3/b21-16-. The van der Waals surface area contributed by atoms with Crippen LogP contribution >= 0.6 is 23.2 Å². The van der Waals surface area contributed by atoms with Crippen molar-refractivity contribution in [1.29, 1.82) is 0 Å². The van der Waals surface area contributed by atoms with E-state index in [-0.39, 0.29) is 17.9 Å². The summed E-state index contributed by atoms with van der Waals surface area (Å²) in [6.07, 6.45) is 7.33. The fourth-order valence-corrected chi connectivity index (χ4v) is 5.09. The van der Waals surface area contributed by atoms with Gasteiger partial charge in [-0.2, -0.15) is 5.10 Å². The molecule has 0 saturated heterocycles. The molecule has 0 bridgehead atoms. The van der Waals surface area contributed by atoms with Crippen molar-refractivity contribution in [3.63, 3.8) is 0 Å². The third-order valence-electron chi connectivity index (χ3n) is 6.32. The smallest absolute Gasteiger partial charge is 0.267 e. The van der Waals surface area contributed by atoms with Gasteiger partial charge in [0, 0.05) is 33.9 Å². The van der Waals surface area contributed by atoms with Gasteiger partial charge in [-0.15, -0.1) is 0 Å². The average molecular weight is 476 g/mol. The number of halogens is 2. The number of hydrogen-bond donors (Lipinski definition) is 0. The summed E-state index contributed by atoms with van der Waals surface area (Å²) in [5.41, 5.74) is 4.84. The van der Waals surface area contributed by atoms with Crippen molar-refractivity contribution < 1.29 is 4.79 Å². The second-order valence-corrected chi connectivity index (χ2v) is 9.61. The third kappa shape index (κ3) is 4.46. The van der Waals surface area contributed by atoms with E-state index >= 15 is 0 Å². The number of rotatable bonds is 3. The molecule has 1 amide bonds. The largest absolute Gasteiger partial charge is 0.274 e. The Balaban J connectivity index is 1.60. The van der Waals surface area contributed by atoms with E-state index in [0.717, 1.165) is 29.7 Å². The highest BCUT2D eigenvalue weighted by atomic mass is 35.5. The minimum Gasteiger partial charge on any atom is -0.267 e. The lowest BCUT2D eigenvalue weighted by atomic mass is 9.73. The lowest BCUT2D eigenvalue weighted by Gasteiger charge is -2.32. The van der Waals surface area contributed by atoms with Gasteiger partial charge in [-0.3, -0.25) is 9.78 Å². The number of hydrazone groups is 1. The first-order chi connectivity index (χ1) is 16.0. The Bertz CT molecular complexity index is 1220. The Kier molecular flexibility index (Phi) is 6.05. The number of amides is 1. The Morgan fingerprint density at radius 3 is 2.27 bits per heavy atom. The van der Waals surface area contributed by atoms with Crippen molar-refractivity contribution in [2.75, 3.05) is 0 Å². The first kappa shape index (κ1) is 21.9. The van der Waals surface area contributed by atoms with E-state index in [1.54, 1.807) is 29.5 Å². The molecule has 1 aliphatic carbocycles. The maximum absolute atomic E-state index is 13.6. The number of aromatic nitrogens is 1. The fraction of sp³-hybridized carbons (Fsp3) is 0.222. The number of carbonyl (C=O) groups is 1. The molecule has 6 heteroatoms. The summed E-state index contributed by atoms with van der Waals surface area (Å²) < 4.78 is 0. The molecule has 0 radical (unpaired) electrons.